The van der Waals surface area contributed by atoms with Gasteiger partial charge in [0.1, 0.15) is 0 Å². The van der Waals surface area contributed by atoms with Gasteiger partial charge in [0.15, 0.2) is 0 Å². The maximum Gasteiger partial charge on any atom is 0.228 e. The molecule has 2 fully saturated rings. The Morgan fingerprint density at radius 3 is 2.27 bits per heavy atom. The molecule has 0 spiro atoms. The molecule has 1 aromatic rings. The van der Waals surface area contributed by atoms with Crippen LogP contribution in [-0.2, 0) is 4.79 Å². The number of carbonyl (C=O) groups is 1. The van der Waals surface area contributed by atoms with E-state index in [0.29, 0.717) is 11.9 Å². The molecule has 2 saturated heterocycles. The summed E-state index contributed by atoms with van der Waals surface area (Å²) in [7, 11) is 0. The second-order valence-corrected chi connectivity index (χ2v) is 6.38. The van der Waals surface area contributed by atoms with Crippen LogP contribution in [0.5, 0.6) is 0 Å². The molecule has 2 aliphatic rings. The fourth-order valence-electron chi connectivity index (χ4n) is 3.00. The summed E-state index contributed by atoms with van der Waals surface area (Å²) in [5.41, 5.74) is 1.28. The normalized spacial score (nSPS) is 20.9. The van der Waals surface area contributed by atoms with Crippen molar-refractivity contribution >= 4 is 29.9 Å². The maximum absolute atomic E-state index is 12.2. The Balaban J connectivity index is 0.00000176. The van der Waals surface area contributed by atoms with Crippen molar-refractivity contribution in [3.8, 4) is 0 Å². The SMILES string of the molecule is CC(c1ccc(Cl)cc1)N1CCN(C(=O)C2CNC2)CC1.Cl. The van der Waals surface area contributed by atoms with E-state index in [-0.39, 0.29) is 18.3 Å². The first-order valence-electron chi connectivity index (χ1n) is 7.64. The van der Waals surface area contributed by atoms with Crippen LogP contribution < -0.4 is 5.32 Å². The van der Waals surface area contributed by atoms with Gasteiger partial charge in [-0.3, -0.25) is 9.69 Å². The van der Waals surface area contributed by atoms with E-state index in [4.69, 9.17) is 11.6 Å². The van der Waals surface area contributed by atoms with Gasteiger partial charge in [-0.2, -0.15) is 0 Å². The number of amides is 1. The molecule has 4 nitrogen and oxygen atoms in total. The average molecular weight is 344 g/mol. The fraction of sp³-hybridized carbons (Fsp3) is 0.562. The van der Waals surface area contributed by atoms with Gasteiger partial charge >= 0.3 is 0 Å². The monoisotopic (exact) mass is 343 g/mol. The van der Waals surface area contributed by atoms with Crippen molar-refractivity contribution in [3.63, 3.8) is 0 Å². The predicted octanol–water partition coefficient (Wildman–Crippen LogP) is 2.19. The van der Waals surface area contributed by atoms with Gasteiger partial charge in [-0.05, 0) is 24.6 Å². The zero-order valence-corrected chi connectivity index (χ0v) is 14.4. The summed E-state index contributed by atoms with van der Waals surface area (Å²) >= 11 is 5.94. The van der Waals surface area contributed by atoms with E-state index in [1.807, 2.05) is 17.0 Å². The lowest BCUT2D eigenvalue weighted by Crippen LogP contribution is -2.56. The summed E-state index contributed by atoms with van der Waals surface area (Å²) in [4.78, 5) is 16.7. The highest BCUT2D eigenvalue weighted by atomic mass is 35.5. The number of benzene rings is 1. The number of piperazine rings is 1. The van der Waals surface area contributed by atoms with Crippen molar-refractivity contribution in [1.82, 2.24) is 15.1 Å². The number of rotatable bonds is 3. The van der Waals surface area contributed by atoms with E-state index in [2.05, 4.69) is 29.3 Å². The van der Waals surface area contributed by atoms with Crippen molar-refractivity contribution in [2.24, 2.45) is 5.92 Å². The Labute approximate surface area is 143 Å². The molecule has 1 aromatic carbocycles. The molecule has 3 rings (SSSR count). The van der Waals surface area contributed by atoms with Crippen LogP contribution in [0.1, 0.15) is 18.5 Å². The van der Waals surface area contributed by atoms with Crippen LogP contribution >= 0.6 is 24.0 Å². The Bertz CT molecular complexity index is 497. The Morgan fingerprint density at radius 2 is 1.77 bits per heavy atom. The van der Waals surface area contributed by atoms with Crippen molar-refractivity contribution in [3.05, 3.63) is 34.9 Å². The minimum Gasteiger partial charge on any atom is -0.340 e. The van der Waals surface area contributed by atoms with Crippen LogP contribution in [0, 0.1) is 5.92 Å². The summed E-state index contributed by atoms with van der Waals surface area (Å²) in [5.74, 6) is 0.540. The summed E-state index contributed by atoms with van der Waals surface area (Å²) in [6.45, 7) is 7.48. The van der Waals surface area contributed by atoms with Crippen molar-refractivity contribution in [2.75, 3.05) is 39.3 Å². The smallest absolute Gasteiger partial charge is 0.228 e. The number of halogens is 2. The molecule has 22 heavy (non-hydrogen) atoms. The van der Waals surface area contributed by atoms with Gasteiger partial charge in [0.2, 0.25) is 5.91 Å². The largest absolute Gasteiger partial charge is 0.340 e. The van der Waals surface area contributed by atoms with Crippen LogP contribution in [-0.4, -0.2) is 55.0 Å². The number of hydrogen-bond donors (Lipinski definition) is 1. The second kappa shape index (κ2) is 7.64. The first-order valence-corrected chi connectivity index (χ1v) is 8.02. The lowest BCUT2D eigenvalue weighted by molar-refractivity contribution is -0.139. The van der Waals surface area contributed by atoms with Crippen molar-refractivity contribution < 1.29 is 4.79 Å². The topological polar surface area (TPSA) is 35.6 Å². The van der Waals surface area contributed by atoms with Gasteiger partial charge in [-0.15, -0.1) is 12.4 Å². The van der Waals surface area contributed by atoms with E-state index >= 15 is 0 Å². The standard InChI is InChI=1S/C16H22ClN3O.ClH/c1-12(13-2-4-15(17)5-3-13)19-6-8-20(9-7-19)16(21)14-10-18-11-14;/h2-5,12,14,18H,6-11H2,1H3;1H. The molecule has 0 aromatic heterocycles. The molecule has 1 amide bonds. The van der Waals surface area contributed by atoms with E-state index in [0.717, 1.165) is 44.3 Å². The summed E-state index contributed by atoms with van der Waals surface area (Å²) < 4.78 is 0. The van der Waals surface area contributed by atoms with Crippen LogP contribution in [0.25, 0.3) is 0 Å². The molecule has 0 saturated carbocycles. The average Bonchev–Trinajstić information content (AvgIpc) is 2.46. The van der Waals surface area contributed by atoms with Crippen LogP contribution in [0.4, 0.5) is 0 Å². The van der Waals surface area contributed by atoms with Crippen LogP contribution in [0.2, 0.25) is 5.02 Å². The Hall–Kier alpha value is -0.810. The lowest BCUT2D eigenvalue weighted by atomic mass is 10.0. The molecule has 1 unspecified atom stereocenters. The zero-order valence-electron chi connectivity index (χ0n) is 12.8. The van der Waals surface area contributed by atoms with Crippen molar-refractivity contribution in [2.45, 2.75) is 13.0 Å². The molecular formula is C16H23Cl2N3O. The van der Waals surface area contributed by atoms with Crippen LogP contribution in [0.3, 0.4) is 0 Å². The molecule has 0 radical (unpaired) electrons. The van der Waals surface area contributed by atoms with E-state index in [1.165, 1.54) is 5.56 Å². The van der Waals surface area contributed by atoms with Crippen molar-refractivity contribution in [1.29, 1.82) is 0 Å². The third-order valence-electron chi connectivity index (χ3n) is 4.66. The van der Waals surface area contributed by atoms with Gasteiger partial charge in [0, 0.05) is 50.3 Å². The summed E-state index contributed by atoms with van der Waals surface area (Å²) in [5, 5.41) is 3.94. The first-order chi connectivity index (χ1) is 10.1. The molecular weight excluding hydrogens is 321 g/mol. The zero-order chi connectivity index (χ0) is 14.8. The number of nitrogens with zero attached hydrogens (tertiary/aromatic N) is 2. The minimum absolute atomic E-state index is 0. The molecule has 1 atom stereocenters. The Morgan fingerprint density at radius 1 is 1.18 bits per heavy atom. The Kier molecular flexibility index (Phi) is 6.09. The lowest BCUT2D eigenvalue weighted by Gasteiger charge is -2.40. The molecule has 1 N–H and O–H groups in total. The molecule has 0 aliphatic carbocycles. The van der Waals surface area contributed by atoms with Gasteiger partial charge < -0.3 is 10.2 Å². The highest BCUT2D eigenvalue weighted by Gasteiger charge is 2.31. The highest BCUT2D eigenvalue weighted by Crippen LogP contribution is 2.23. The molecule has 0 bridgehead atoms. The highest BCUT2D eigenvalue weighted by molar-refractivity contribution is 6.30. The summed E-state index contributed by atoms with van der Waals surface area (Å²) in [6.07, 6.45) is 0. The van der Waals surface area contributed by atoms with Gasteiger partial charge in [-0.1, -0.05) is 23.7 Å². The molecule has 2 heterocycles. The third kappa shape index (κ3) is 3.74. The first kappa shape index (κ1) is 17.5. The molecule has 122 valence electrons. The summed E-state index contributed by atoms with van der Waals surface area (Å²) in [6, 6.07) is 8.42. The van der Waals surface area contributed by atoms with Gasteiger partial charge in [-0.25, -0.2) is 0 Å². The molecule has 2 aliphatic heterocycles. The third-order valence-corrected chi connectivity index (χ3v) is 4.91. The fourth-order valence-corrected chi connectivity index (χ4v) is 3.13. The van der Waals surface area contributed by atoms with Crippen LogP contribution in [0.15, 0.2) is 24.3 Å². The van der Waals surface area contributed by atoms with Gasteiger partial charge in [0.05, 0.1) is 5.92 Å². The quantitative estimate of drug-likeness (QED) is 0.913. The van der Waals surface area contributed by atoms with Gasteiger partial charge in [0.25, 0.3) is 0 Å². The maximum atomic E-state index is 12.2. The van der Waals surface area contributed by atoms with E-state index < -0.39 is 0 Å². The number of carbonyl (C=O) groups excluding carboxylic acids is 1. The second-order valence-electron chi connectivity index (χ2n) is 5.94. The minimum atomic E-state index is 0. The molecule has 6 heteroatoms. The number of hydrogen-bond acceptors (Lipinski definition) is 3. The predicted molar refractivity (Wildman–Crippen MR) is 91.6 cm³/mol. The van der Waals surface area contributed by atoms with E-state index in [1.54, 1.807) is 0 Å². The number of nitrogens with one attached hydrogen (secondary N) is 1. The van der Waals surface area contributed by atoms with E-state index in [9.17, 15) is 4.79 Å².